The second-order valence-electron chi connectivity index (χ2n) is 13.7. The number of imidazole rings is 1. The number of nitrogens with zero attached hydrogens (tertiary/aromatic N) is 9. The quantitative estimate of drug-likeness (QED) is 0.0156. The number of fused-ring (bicyclic) bond motifs is 1. The molecule has 0 aliphatic carbocycles. The third-order valence-corrected chi connectivity index (χ3v) is 10.9. The molecule has 0 radical (unpaired) electrons. The van der Waals surface area contributed by atoms with Crippen molar-refractivity contribution in [2.45, 2.75) is 74.9 Å². The molecular weight excluding hydrogens is 884 g/mol. The average molecular weight is 926 g/mol. The molecule has 0 bridgehead atoms. The Bertz CT molecular complexity index is 2470. The topological polar surface area (TPSA) is 431 Å². The van der Waals surface area contributed by atoms with E-state index in [4.69, 9.17) is 50.7 Å². The molecule has 0 spiro atoms. The third kappa shape index (κ3) is 12.3. The number of phosphoric ester groups is 2. The number of azide groups is 1. The van der Waals surface area contributed by atoms with Crippen LogP contribution in [-0.4, -0.2) is 117 Å². The zero-order valence-corrected chi connectivity index (χ0v) is 34.3. The zero-order chi connectivity index (χ0) is 45.5. The smallest absolute Gasteiger partial charge is 0.455 e. The Morgan fingerprint density at radius 3 is 2.51 bits per heavy atom. The van der Waals surface area contributed by atoms with Crippen LogP contribution in [0.15, 0.2) is 59.1 Å². The summed E-state index contributed by atoms with van der Waals surface area (Å²) in [7, 11) is -10.3. The number of nitrogen functional groups attached to an aromatic ring is 2. The zero-order valence-electron chi connectivity index (χ0n) is 32.5. The Balaban J connectivity index is 1.09. The van der Waals surface area contributed by atoms with Crippen molar-refractivity contribution in [2.75, 3.05) is 31.2 Å². The van der Waals surface area contributed by atoms with E-state index < -0.39 is 95.6 Å². The Morgan fingerprint density at radius 2 is 1.79 bits per heavy atom. The number of nitrogens with one attached hydrogen (secondary N) is 1. The fourth-order valence-electron chi connectivity index (χ4n) is 6.36. The highest BCUT2D eigenvalue weighted by Gasteiger charge is 2.50. The highest BCUT2D eigenvalue weighted by molar-refractivity contribution is 7.47. The molecule has 3 aromatic heterocycles. The van der Waals surface area contributed by atoms with Crippen molar-refractivity contribution in [3.8, 4) is 0 Å². The van der Waals surface area contributed by atoms with Gasteiger partial charge in [0.15, 0.2) is 23.8 Å². The molecule has 0 saturated carbocycles. The van der Waals surface area contributed by atoms with Gasteiger partial charge in [-0.3, -0.25) is 27.5 Å². The summed E-state index contributed by atoms with van der Waals surface area (Å²) < 4.78 is 64.7. The van der Waals surface area contributed by atoms with Crippen LogP contribution in [0.5, 0.6) is 0 Å². The highest BCUT2D eigenvalue weighted by Crippen LogP contribution is 2.50. The number of alkyl carbamates (subject to hydrolysis) is 1. The van der Waals surface area contributed by atoms with Crippen LogP contribution in [-0.2, 0) is 53.1 Å². The van der Waals surface area contributed by atoms with E-state index in [0.717, 1.165) is 10.9 Å². The van der Waals surface area contributed by atoms with E-state index in [1.165, 1.54) is 23.2 Å². The average Bonchev–Trinajstić information content (AvgIpc) is 3.92. The molecule has 1 aromatic carbocycles. The maximum absolute atomic E-state index is 13.4. The fourth-order valence-corrected chi connectivity index (χ4v) is 7.67. The van der Waals surface area contributed by atoms with Crippen LogP contribution >= 0.6 is 15.6 Å². The number of nitrogens with two attached hydrogens (primary N) is 3. The van der Waals surface area contributed by atoms with Gasteiger partial charge in [-0.25, -0.2) is 33.7 Å². The van der Waals surface area contributed by atoms with Crippen molar-refractivity contribution in [3.05, 3.63) is 75.7 Å². The number of phosphoric acid groups is 2. The van der Waals surface area contributed by atoms with Gasteiger partial charge in [0.1, 0.15) is 61.0 Å². The lowest BCUT2D eigenvalue weighted by Gasteiger charge is -2.24. The number of benzene rings is 1. The van der Waals surface area contributed by atoms with Gasteiger partial charge in [-0.2, -0.15) is 4.98 Å². The lowest BCUT2D eigenvalue weighted by molar-refractivity contribution is -0.158. The maximum atomic E-state index is 13.4. The summed E-state index contributed by atoms with van der Waals surface area (Å²) in [6.07, 6.45) is -7.78. The molecule has 2 aliphatic rings. The first-order chi connectivity index (χ1) is 29.9. The molecule has 2 saturated heterocycles. The molecule has 2 fully saturated rings. The van der Waals surface area contributed by atoms with Crippen LogP contribution < -0.4 is 28.2 Å². The van der Waals surface area contributed by atoms with Crippen LogP contribution in [0.2, 0.25) is 0 Å². The van der Waals surface area contributed by atoms with E-state index in [1.54, 1.807) is 24.3 Å². The van der Waals surface area contributed by atoms with E-state index in [1.807, 2.05) is 0 Å². The molecular formula is C32H41N13O16P2. The largest absolute Gasteiger partial charge is 0.472 e. The van der Waals surface area contributed by atoms with Gasteiger partial charge >= 0.3 is 33.4 Å². The van der Waals surface area contributed by atoms with Gasteiger partial charge in [0, 0.05) is 29.8 Å². The number of ether oxygens (including phenoxy) is 4. The van der Waals surface area contributed by atoms with Crippen LogP contribution in [0, 0.1) is 0 Å². The van der Waals surface area contributed by atoms with Crippen LogP contribution in [0.1, 0.15) is 37.3 Å². The summed E-state index contributed by atoms with van der Waals surface area (Å²) in [6.45, 7) is -1.77. The minimum Gasteiger partial charge on any atom is -0.455 e. The van der Waals surface area contributed by atoms with Gasteiger partial charge in [0.25, 0.3) is 0 Å². The molecule has 4 aromatic rings. The van der Waals surface area contributed by atoms with E-state index in [-0.39, 0.29) is 55.2 Å². The van der Waals surface area contributed by atoms with Crippen molar-refractivity contribution >= 4 is 56.2 Å². The molecule has 1 unspecified atom stereocenters. The standard InChI is InChI=1S/C32H41N13O16P2/c33-18(2-1-8-37-32(49)55-11-16-3-5-17(6-4-16)42-43-36)30(47)60-26-21(59-29(25(26)46)45-15-40-24-27(35)38-14-39-28(24)45)13-57-63(53,54)61-19-10-23(44-9-7-22(34)41-31(44)48)58-20(19)12-56-62(50,51)52/h3-7,9,14-15,18-21,23,25-26,29,46H,1-2,8,10-13,33H2,(H,37,49)(H,53,54)(H2,34,41,48)(H2,35,38,39)(H2,50,51,52)/t18-,19+,20-,21+,23-,25-,26-,29-/m1/s1. The minimum atomic E-state index is -5.21. The minimum absolute atomic E-state index is 0.000424. The van der Waals surface area contributed by atoms with Crippen molar-refractivity contribution < 1.29 is 71.0 Å². The summed E-state index contributed by atoms with van der Waals surface area (Å²) in [6, 6.07) is 6.31. The van der Waals surface area contributed by atoms with Gasteiger partial charge in [-0.1, -0.05) is 29.4 Å². The lowest BCUT2D eigenvalue weighted by atomic mass is 10.1. The summed E-state index contributed by atoms with van der Waals surface area (Å²) in [5.41, 5.74) is 26.5. The number of esters is 1. The number of rotatable bonds is 19. The molecule has 63 heavy (non-hydrogen) atoms. The number of hydrogen-bond donors (Lipinski definition) is 8. The predicted molar refractivity (Wildman–Crippen MR) is 210 cm³/mol. The van der Waals surface area contributed by atoms with Gasteiger partial charge in [-0.05, 0) is 30.0 Å². The molecule has 9 atom stereocenters. The molecule has 6 rings (SSSR count). The number of aliphatic hydroxyl groups is 1. The van der Waals surface area contributed by atoms with Crippen molar-refractivity contribution in [1.82, 2.24) is 34.4 Å². The first-order valence-electron chi connectivity index (χ1n) is 18.5. The number of anilines is 2. The van der Waals surface area contributed by atoms with E-state index >= 15 is 0 Å². The van der Waals surface area contributed by atoms with E-state index in [0.29, 0.717) is 11.3 Å². The molecule has 1 amide bonds. The van der Waals surface area contributed by atoms with Crippen molar-refractivity contribution in [2.24, 2.45) is 10.8 Å². The Morgan fingerprint density at radius 1 is 1.05 bits per heavy atom. The van der Waals surface area contributed by atoms with E-state index in [2.05, 4.69) is 39.8 Å². The van der Waals surface area contributed by atoms with Gasteiger partial charge in [-0.15, -0.1) is 0 Å². The Labute approximate surface area is 353 Å². The van der Waals surface area contributed by atoms with Crippen molar-refractivity contribution in [1.29, 1.82) is 0 Å². The van der Waals surface area contributed by atoms with Crippen LogP contribution in [0.4, 0.5) is 22.1 Å². The molecule has 31 heteroatoms. The Hall–Kier alpha value is -5.64. The summed E-state index contributed by atoms with van der Waals surface area (Å²) in [4.78, 5) is 85.8. The molecule has 29 nitrogen and oxygen atoms in total. The maximum Gasteiger partial charge on any atom is 0.472 e. The first-order valence-corrected chi connectivity index (χ1v) is 21.6. The fraction of sp³-hybridized carbons (Fsp3) is 0.469. The van der Waals surface area contributed by atoms with Gasteiger partial charge in [0.05, 0.1) is 19.5 Å². The van der Waals surface area contributed by atoms with Crippen LogP contribution in [0.25, 0.3) is 21.6 Å². The summed E-state index contributed by atoms with van der Waals surface area (Å²) >= 11 is 0. The summed E-state index contributed by atoms with van der Waals surface area (Å²) in [5, 5.41) is 17.5. The Kier molecular flexibility index (Phi) is 15.1. The second-order valence-corrected chi connectivity index (χ2v) is 16.4. The normalized spacial score (nSPS) is 23.7. The van der Waals surface area contributed by atoms with Crippen LogP contribution in [0.3, 0.4) is 0 Å². The molecule has 2 aliphatic heterocycles. The van der Waals surface area contributed by atoms with Gasteiger partial charge in [0.2, 0.25) is 0 Å². The summed E-state index contributed by atoms with van der Waals surface area (Å²) in [5.74, 6) is -1.14. The number of carbonyl (C=O) groups is 2. The molecule has 11 N–H and O–H groups in total. The molecule has 340 valence electrons. The number of hydrogen-bond acceptors (Lipinski definition) is 21. The number of aromatic nitrogens is 6. The monoisotopic (exact) mass is 925 g/mol. The molecule has 5 heterocycles. The highest BCUT2D eigenvalue weighted by atomic mass is 31.2. The predicted octanol–water partition coefficient (Wildman–Crippen LogP) is 0.292. The number of carbonyl (C=O) groups excluding carboxylic acids is 2. The SMILES string of the molecule is [N-]=[N+]=Nc1ccc(COC(=O)NCCC[C@@H](N)C(=O)O[C@H]2[C@@H](O)[C@H](n3cnc4c(N)ncnc43)O[C@H]2COP(=O)(O)O[C@H]2C[C@H](n3ccc(N)nc3=O)O[C@@H]2COP(=O)(O)O)cc1. The lowest BCUT2D eigenvalue weighted by Crippen LogP contribution is -2.43. The third-order valence-electron chi connectivity index (χ3n) is 9.37. The van der Waals surface area contributed by atoms with E-state index in [9.17, 15) is 43.3 Å². The van der Waals surface area contributed by atoms with Gasteiger partial charge < -0.3 is 61.3 Å². The number of amides is 1. The second kappa shape index (κ2) is 20.2. The number of aliphatic hydroxyl groups excluding tert-OH is 1. The first kappa shape index (κ1) is 46.9. The van der Waals surface area contributed by atoms with Crippen molar-refractivity contribution in [3.63, 3.8) is 0 Å².